The summed E-state index contributed by atoms with van der Waals surface area (Å²) in [7, 11) is 0.982. The van der Waals surface area contributed by atoms with E-state index >= 15 is 0 Å². The fourth-order valence-corrected chi connectivity index (χ4v) is 2.46. The summed E-state index contributed by atoms with van der Waals surface area (Å²) in [5.41, 5.74) is -1.19. The number of hydrogen-bond donors (Lipinski definition) is 2. The smallest absolute Gasteiger partial charge is 0.445 e. The number of methoxy groups -OCH3 is 1. The van der Waals surface area contributed by atoms with Gasteiger partial charge in [-0.15, -0.1) is 0 Å². The SMILES string of the molecule is COc1c(NC(=O)NC(=O)c2ccccc2Cl)cccc1/C(F)=C(/F)C(F)(F)F. The van der Waals surface area contributed by atoms with Crippen molar-refractivity contribution in [1.82, 2.24) is 5.32 Å². The van der Waals surface area contributed by atoms with Gasteiger partial charge in [-0.2, -0.15) is 17.6 Å². The summed E-state index contributed by atoms with van der Waals surface area (Å²) in [4.78, 5) is 24.1. The highest BCUT2D eigenvalue weighted by molar-refractivity contribution is 6.34. The molecule has 0 atom stereocenters. The van der Waals surface area contributed by atoms with Crippen LogP contribution in [0.1, 0.15) is 15.9 Å². The molecule has 0 aromatic heterocycles. The summed E-state index contributed by atoms with van der Waals surface area (Å²) in [5, 5.41) is 4.14. The summed E-state index contributed by atoms with van der Waals surface area (Å²) < 4.78 is 69.3. The van der Waals surface area contributed by atoms with E-state index in [4.69, 9.17) is 16.3 Å². The number of urea groups is 1. The number of anilines is 1. The molecule has 2 aromatic rings. The number of benzene rings is 2. The van der Waals surface area contributed by atoms with Crippen molar-refractivity contribution in [3.8, 4) is 5.75 Å². The maximum absolute atomic E-state index is 14.0. The van der Waals surface area contributed by atoms with Gasteiger partial charge in [-0.25, -0.2) is 9.18 Å². The van der Waals surface area contributed by atoms with Crippen LogP contribution in [-0.4, -0.2) is 25.2 Å². The van der Waals surface area contributed by atoms with Gasteiger partial charge in [0.25, 0.3) is 5.91 Å². The molecule has 0 fully saturated rings. The minimum Gasteiger partial charge on any atom is -0.494 e. The predicted molar refractivity (Wildman–Crippen MR) is 96.1 cm³/mol. The summed E-state index contributed by atoms with van der Waals surface area (Å²) in [6, 6.07) is 7.79. The van der Waals surface area contributed by atoms with Crippen molar-refractivity contribution in [1.29, 1.82) is 0 Å². The third-order valence-corrected chi connectivity index (χ3v) is 3.82. The standard InChI is InChI=1S/C18H12ClF5N2O3/c1-29-14-10(13(20)15(21)18(22,23)24)6-4-8-12(14)25-17(28)26-16(27)9-5-2-3-7-11(9)19/h2-8H,1H3,(H2,25,26,27,28)/b15-13-. The van der Waals surface area contributed by atoms with Gasteiger partial charge >= 0.3 is 12.2 Å². The first-order chi connectivity index (χ1) is 13.6. The predicted octanol–water partition coefficient (Wildman–Crippen LogP) is 5.48. The van der Waals surface area contributed by atoms with E-state index in [1.807, 2.05) is 5.32 Å². The topological polar surface area (TPSA) is 67.4 Å². The average Bonchev–Trinajstić information content (AvgIpc) is 2.66. The van der Waals surface area contributed by atoms with Gasteiger partial charge in [0, 0.05) is 0 Å². The summed E-state index contributed by atoms with van der Waals surface area (Å²) in [5.74, 6) is -6.61. The number of allylic oxidation sites excluding steroid dienone is 1. The van der Waals surface area contributed by atoms with E-state index < -0.39 is 41.1 Å². The van der Waals surface area contributed by atoms with Crippen molar-refractivity contribution < 1.29 is 36.3 Å². The van der Waals surface area contributed by atoms with Gasteiger partial charge in [-0.1, -0.05) is 29.8 Å². The van der Waals surface area contributed by atoms with E-state index in [0.717, 1.165) is 25.3 Å². The number of halogens is 6. The van der Waals surface area contributed by atoms with Gasteiger partial charge in [-0.3, -0.25) is 10.1 Å². The van der Waals surface area contributed by atoms with Crippen molar-refractivity contribution in [2.45, 2.75) is 6.18 Å². The van der Waals surface area contributed by atoms with E-state index in [1.165, 1.54) is 18.2 Å². The fourth-order valence-electron chi connectivity index (χ4n) is 2.24. The zero-order valence-electron chi connectivity index (χ0n) is 14.5. The molecule has 154 valence electrons. The average molecular weight is 435 g/mol. The lowest BCUT2D eigenvalue weighted by atomic mass is 10.1. The number of carbonyl (C=O) groups excluding carboxylic acids is 2. The van der Waals surface area contributed by atoms with Crippen LogP contribution >= 0.6 is 11.6 Å². The van der Waals surface area contributed by atoms with Crippen LogP contribution in [0.15, 0.2) is 48.3 Å². The van der Waals surface area contributed by atoms with Crippen molar-refractivity contribution >= 4 is 35.1 Å². The minimum absolute atomic E-state index is 0.00809. The zero-order chi connectivity index (χ0) is 21.8. The molecule has 0 aliphatic rings. The quantitative estimate of drug-likeness (QED) is 0.626. The first-order valence-corrected chi connectivity index (χ1v) is 8.10. The molecular weight excluding hydrogens is 423 g/mol. The molecule has 0 radical (unpaired) electrons. The number of carbonyl (C=O) groups is 2. The maximum atomic E-state index is 14.0. The van der Waals surface area contributed by atoms with Crippen LogP contribution in [0.5, 0.6) is 5.75 Å². The van der Waals surface area contributed by atoms with Gasteiger partial charge in [0.05, 0.1) is 28.9 Å². The number of imide groups is 1. The Kier molecular flexibility index (Phi) is 6.80. The van der Waals surface area contributed by atoms with Crippen LogP contribution in [-0.2, 0) is 0 Å². The molecule has 2 rings (SSSR count). The molecule has 0 saturated heterocycles. The van der Waals surface area contributed by atoms with E-state index in [2.05, 4.69) is 5.32 Å². The highest BCUT2D eigenvalue weighted by Crippen LogP contribution is 2.40. The number of hydrogen-bond acceptors (Lipinski definition) is 3. The van der Waals surface area contributed by atoms with Crippen LogP contribution in [0.4, 0.5) is 32.4 Å². The lowest BCUT2D eigenvalue weighted by molar-refractivity contribution is -0.108. The second-order valence-electron chi connectivity index (χ2n) is 5.40. The monoisotopic (exact) mass is 434 g/mol. The highest BCUT2D eigenvalue weighted by Gasteiger charge is 2.39. The Morgan fingerprint density at radius 2 is 1.62 bits per heavy atom. The lowest BCUT2D eigenvalue weighted by Gasteiger charge is -2.14. The number of para-hydroxylation sites is 1. The molecule has 29 heavy (non-hydrogen) atoms. The summed E-state index contributed by atoms with van der Waals surface area (Å²) >= 11 is 5.85. The number of alkyl halides is 3. The molecule has 3 amide bonds. The molecule has 0 heterocycles. The molecule has 0 unspecified atom stereocenters. The van der Waals surface area contributed by atoms with Gasteiger partial charge in [0.15, 0.2) is 11.6 Å². The Morgan fingerprint density at radius 1 is 1.00 bits per heavy atom. The molecule has 0 aliphatic heterocycles. The number of rotatable bonds is 4. The highest BCUT2D eigenvalue weighted by atomic mass is 35.5. The van der Waals surface area contributed by atoms with E-state index in [1.54, 1.807) is 6.07 Å². The largest absolute Gasteiger partial charge is 0.494 e. The second-order valence-corrected chi connectivity index (χ2v) is 5.81. The second kappa shape index (κ2) is 8.91. The molecule has 0 spiro atoms. The molecule has 0 aliphatic carbocycles. The molecule has 0 saturated carbocycles. The van der Waals surface area contributed by atoms with Crippen LogP contribution < -0.4 is 15.4 Å². The number of nitrogens with one attached hydrogen (secondary N) is 2. The van der Waals surface area contributed by atoms with Gasteiger partial charge in [-0.05, 0) is 24.3 Å². The Hall–Kier alpha value is -3.14. The first-order valence-electron chi connectivity index (χ1n) is 7.73. The molecular formula is C18H12ClF5N2O3. The van der Waals surface area contributed by atoms with Crippen LogP contribution in [0.25, 0.3) is 5.83 Å². The molecule has 2 N–H and O–H groups in total. The third-order valence-electron chi connectivity index (χ3n) is 3.49. The van der Waals surface area contributed by atoms with Crippen molar-refractivity contribution in [3.05, 3.63) is 64.4 Å². The Balaban J connectivity index is 2.29. The Morgan fingerprint density at radius 3 is 2.21 bits per heavy atom. The lowest BCUT2D eigenvalue weighted by Crippen LogP contribution is -2.34. The van der Waals surface area contributed by atoms with E-state index in [0.29, 0.717) is 0 Å². The number of amides is 3. The van der Waals surface area contributed by atoms with Crippen molar-refractivity contribution in [2.75, 3.05) is 12.4 Å². The molecule has 2 aromatic carbocycles. The summed E-state index contributed by atoms with van der Waals surface area (Å²) in [6.07, 6.45) is -5.54. The Labute approximate surface area is 166 Å². The first kappa shape index (κ1) is 22.2. The zero-order valence-corrected chi connectivity index (χ0v) is 15.3. The fraction of sp³-hybridized carbons (Fsp3) is 0.111. The van der Waals surface area contributed by atoms with E-state index in [-0.39, 0.29) is 16.3 Å². The van der Waals surface area contributed by atoms with Gasteiger partial charge in [0.2, 0.25) is 5.83 Å². The molecule has 0 bridgehead atoms. The summed E-state index contributed by atoms with van der Waals surface area (Å²) in [6.45, 7) is 0. The van der Waals surface area contributed by atoms with E-state index in [9.17, 15) is 31.5 Å². The molecule has 11 heteroatoms. The minimum atomic E-state index is -5.54. The van der Waals surface area contributed by atoms with Gasteiger partial charge in [0.1, 0.15) is 0 Å². The van der Waals surface area contributed by atoms with Crippen molar-refractivity contribution in [2.24, 2.45) is 0 Å². The van der Waals surface area contributed by atoms with Crippen LogP contribution in [0, 0.1) is 0 Å². The van der Waals surface area contributed by atoms with Crippen LogP contribution in [0.2, 0.25) is 5.02 Å². The Bertz CT molecular complexity index is 976. The number of ether oxygens (including phenoxy) is 1. The maximum Gasteiger partial charge on any atom is 0.445 e. The molecule has 5 nitrogen and oxygen atoms in total. The van der Waals surface area contributed by atoms with Gasteiger partial charge < -0.3 is 10.1 Å². The normalized spacial score (nSPS) is 12.1. The third kappa shape index (κ3) is 5.23. The van der Waals surface area contributed by atoms with Crippen LogP contribution in [0.3, 0.4) is 0 Å². The van der Waals surface area contributed by atoms with Crippen molar-refractivity contribution in [3.63, 3.8) is 0 Å².